The van der Waals surface area contributed by atoms with Crippen LogP contribution >= 0.6 is 23.1 Å². The van der Waals surface area contributed by atoms with Crippen molar-refractivity contribution in [1.82, 2.24) is 9.36 Å². The van der Waals surface area contributed by atoms with Crippen LogP contribution in [0.5, 0.6) is 0 Å². The van der Waals surface area contributed by atoms with Crippen molar-refractivity contribution in [2.24, 2.45) is 5.92 Å². The summed E-state index contributed by atoms with van der Waals surface area (Å²) in [6.45, 7) is 2.07. The molecular weight excluding hydrogens is 324 g/mol. The lowest BCUT2D eigenvalue weighted by molar-refractivity contribution is -0.122. The van der Waals surface area contributed by atoms with Gasteiger partial charge in [-0.15, -0.1) is 0 Å². The summed E-state index contributed by atoms with van der Waals surface area (Å²) < 4.78 is 4.01. The number of nitrogens with one attached hydrogen (secondary N) is 1. The van der Waals surface area contributed by atoms with Gasteiger partial charge < -0.3 is 10.2 Å². The minimum Gasteiger partial charge on any atom is -0.310 e. The molecule has 1 unspecified atom stereocenters. The van der Waals surface area contributed by atoms with Crippen molar-refractivity contribution in [3.05, 3.63) is 35.1 Å². The van der Waals surface area contributed by atoms with Crippen LogP contribution < -0.4 is 10.2 Å². The minimum atomic E-state index is -0.423. The average molecular weight is 337 g/mol. The van der Waals surface area contributed by atoms with E-state index in [2.05, 4.69) is 14.7 Å². The Morgan fingerprint density at radius 3 is 2.91 bits per heavy atom. The van der Waals surface area contributed by atoms with Crippen LogP contribution in [0, 0.1) is 12.8 Å². The van der Waals surface area contributed by atoms with Gasteiger partial charge in [0, 0.05) is 24.5 Å². The fourth-order valence-corrected chi connectivity index (χ4v) is 3.16. The van der Waals surface area contributed by atoms with Crippen molar-refractivity contribution in [2.45, 2.75) is 13.3 Å². The first-order valence-electron chi connectivity index (χ1n) is 6.70. The highest BCUT2D eigenvalue weighted by molar-refractivity contribution is 7.09. The van der Waals surface area contributed by atoms with E-state index in [0.717, 1.165) is 11.5 Å². The number of hydrogen-bond donors (Lipinski definition) is 1. The summed E-state index contributed by atoms with van der Waals surface area (Å²) in [5.41, 5.74) is 0.635. The quantitative estimate of drug-likeness (QED) is 0.934. The number of nitrogens with zero attached hydrogens (tertiary/aromatic N) is 3. The third-order valence-electron chi connectivity index (χ3n) is 3.40. The SMILES string of the molecule is Cc1nsc(NC(=O)C2CC(=O)N(c3ccccc3Cl)C2)n1. The molecule has 2 heterocycles. The second-order valence-corrected chi connectivity index (χ2v) is 6.15. The van der Waals surface area contributed by atoms with Crippen molar-refractivity contribution in [3.8, 4) is 0 Å². The van der Waals surface area contributed by atoms with Crippen molar-refractivity contribution < 1.29 is 9.59 Å². The third kappa shape index (κ3) is 2.95. The summed E-state index contributed by atoms with van der Waals surface area (Å²) in [6, 6.07) is 7.11. The Kier molecular flexibility index (Phi) is 4.08. The zero-order chi connectivity index (χ0) is 15.7. The molecule has 1 fully saturated rings. The van der Waals surface area contributed by atoms with Gasteiger partial charge in [-0.25, -0.2) is 4.98 Å². The summed E-state index contributed by atoms with van der Waals surface area (Å²) >= 11 is 7.24. The van der Waals surface area contributed by atoms with Crippen LogP contribution in [0.25, 0.3) is 0 Å². The van der Waals surface area contributed by atoms with Gasteiger partial charge in [-0.05, 0) is 19.1 Å². The number of hydrogen-bond acceptors (Lipinski definition) is 5. The zero-order valence-electron chi connectivity index (χ0n) is 11.7. The number of aromatic nitrogens is 2. The summed E-state index contributed by atoms with van der Waals surface area (Å²) in [5.74, 6) is -0.144. The van der Waals surface area contributed by atoms with Crippen LogP contribution in [-0.4, -0.2) is 27.7 Å². The molecule has 0 saturated carbocycles. The van der Waals surface area contributed by atoms with Gasteiger partial charge in [0.15, 0.2) is 0 Å². The monoisotopic (exact) mass is 336 g/mol. The molecule has 0 aliphatic carbocycles. The van der Waals surface area contributed by atoms with E-state index in [9.17, 15) is 9.59 Å². The van der Waals surface area contributed by atoms with Crippen LogP contribution in [0.4, 0.5) is 10.8 Å². The van der Waals surface area contributed by atoms with E-state index >= 15 is 0 Å². The number of amides is 2. The zero-order valence-corrected chi connectivity index (χ0v) is 13.3. The highest BCUT2D eigenvalue weighted by Crippen LogP contribution is 2.31. The van der Waals surface area contributed by atoms with E-state index in [1.54, 1.807) is 30.0 Å². The van der Waals surface area contributed by atoms with Gasteiger partial charge in [0.2, 0.25) is 16.9 Å². The number of benzene rings is 1. The lowest BCUT2D eigenvalue weighted by Crippen LogP contribution is -2.28. The number of halogens is 1. The molecule has 114 valence electrons. The molecule has 1 aliphatic rings. The van der Waals surface area contributed by atoms with E-state index in [1.807, 2.05) is 6.07 Å². The molecule has 6 nitrogen and oxygen atoms in total. The standard InChI is InChI=1S/C14H13ClN4O2S/c1-8-16-14(22-18-8)17-13(21)9-6-12(20)19(7-9)11-5-3-2-4-10(11)15/h2-5,9H,6-7H2,1H3,(H,16,17,18,21). The molecule has 1 aromatic carbocycles. The Morgan fingerprint density at radius 1 is 1.45 bits per heavy atom. The molecule has 1 aromatic heterocycles. The number of carbonyl (C=O) groups excluding carboxylic acids is 2. The number of carbonyl (C=O) groups is 2. The normalized spacial score (nSPS) is 17.8. The predicted molar refractivity (Wildman–Crippen MR) is 85.2 cm³/mol. The number of rotatable bonds is 3. The van der Waals surface area contributed by atoms with Gasteiger partial charge in [0.1, 0.15) is 5.82 Å². The highest BCUT2D eigenvalue weighted by Gasteiger charge is 2.36. The Labute approximate surface area is 136 Å². The molecule has 0 spiro atoms. The van der Waals surface area contributed by atoms with Crippen LogP contribution in [0.1, 0.15) is 12.2 Å². The summed E-state index contributed by atoms with van der Waals surface area (Å²) in [5, 5.41) is 3.65. The fourth-order valence-electron chi connectivity index (χ4n) is 2.34. The molecule has 1 atom stereocenters. The minimum absolute atomic E-state index is 0.110. The molecule has 1 N–H and O–H groups in total. The fraction of sp³-hybridized carbons (Fsp3) is 0.286. The highest BCUT2D eigenvalue weighted by atomic mass is 35.5. The molecule has 3 rings (SSSR count). The van der Waals surface area contributed by atoms with E-state index < -0.39 is 5.92 Å². The van der Waals surface area contributed by atoms with Gasteiger partial charge in [0.25, 0.3) is 0 Å². The van der Waals surface area contributed by atoms with Gasteiger partial charge in [-0.3, -0.25) is 9.59 Å². The van der Waals surface area contributed by atoms with E-state index in [0.29, 0.717) is 28.2 Å². The maximum atomic E-state index is 12.2. The Balaban J connectivity index is 1.71. The smallest absolute Gasteiger partial charge is 0.231 e. The Hall–Kier alpha value is -1.99. The molecule has 2 amide bonds. The molecule has 1 saturated heterocycles. The van der Waals surface area contributed by atoms with Crippen LogP contribution in [-0.2, 0) is 9.59 Å². The second-order valence-electron chi connectivity index (χ2n) is 4.99. The number of para-hydroxylation sites is 1. The van der Waals surface area contributed by atoms with E-state index in [-0.39, 0.29) is 18.2 Å². The molecule has 8 heteroatoms. The topological polar surface area (TPSA) is 75.2 Å². The van der Waals surface area contributed by atoms with Crippen molar-refractivity contribution in [1.29, 1.82) is 0 Å². The van der Waals surface area contributed by atoms with Crippen LogP contribution in [0.3, 0.4) is 0 Å². The first-order valence-corrected chi connectivity index (χ1v) is 7.86. The number of aryl methyl sites for hydroxylation is 1. The van der Waals surface area contributed by atoms with Crippen LogP contribution in [0.2, 0.25) is 5.02 Å². The Bertz CT molecular complexity index is 733. The first-order chi connectivity index (χ1) is 10.5. The van der Waals surface area contributed by atoms with Gasteiger partial charge in [-0.2, -0.15) is 4.37 Å². The van der Waals surface area contributed by atoms with Gasteiger partial charge >= 0.3 is 0 Å². The Morgan fingerprint density at radius 2 is 2.23 bits per heavy atom. The summed E-state index contributed by atoms with van der Waals surface area (Å²) in [6.07, 6.45) is 0.162. The second kappa shape index (κ2) is 6.02. The van der Waals surface area contributed by atoms with Crippen molar-refractivity contribution in [2.75, 3.05) is 16.8 Å². The predicted octanol–water partition coefficient (Wildman–Crippen LogP) is 2.49. The molecule has 0 radical (unpaired) electrons. The third-order valence-corrected chi connectivity index (χ3v) is 4.44. The van der Waals surface area contributed by atoms with Crippen molar-refractivity contribution in [3.63, 3.8) is 0 Å². The van der Waals surface area contributed by atoms with E-state index in [4.69, 9.17) is 11.6 Å². The molecule has 1 aliphatic heterocycles. The number of anilines is 2. The average Bonchev–Trinajstić information content (AvgIpc) is 3.06. The van der Waals surface area contributed by atoms with Crippen LogP contribution in [0.15, 0.2) is 24.3 Å². The maximum absolute atomic E-state index is 12.2. The molecular formula is C14H13ClN4O2S. The molecule has 2 aromatic rings. The lowest BCUT2D eigenvalue weighted by Gasteiger charge is -2.17. The largest absolute Gasteiger partial charge is 0.310 e. The molecule has 22 heavy (non-hydrogen) atoms. The van der Waals surface area contributed by atoms with Gasteiger partial charge in [0.05, 0.1) is 16.6 Å². The summed E-state index contributed by atoms with van der Waals surface area (Å²) in [7, 11) is 0. The van der Waals surface area contributed by atoms with E-state index in [1.165, 1.54) is 0 Å². The summed E-state index contributed by atoms with van der Waals surface area (Å²) in [4.78, 5) is 30.0. The lowest BCUT2D eigenvalue weighted by atomic mass is 10.1. The van der Waals surface area contributed by atoms with Crippen molar-refractivity contribution >= 4 is 45.8 Å². The maximum Gasteiger partial charge on any atom is 0.231 e. The molecule has 0 bridgehead atoms. The first kappa shape index (κ1) is 14.9. The van der Waals surface area contributed by atoms with Gasteiger partial charge in [-0.1, -0.05) is 23.7 Å².